The van der Waals surface area contributed by atoms with E-state index < -0.39 is 46.9 Å². The number of carboxylic acid groups (broad SMARTS) is 1. The van der Waals surface area contributed by atoms with Crippen LogP contribution < -0.4 is 4.72 Å². The molecule has 1 heterocycles. The summed E-state index contributed by atoms with van der Waals surface area (Å²) in [6.07, 6.45) is -3.40. The molecule has 3 atom stereocenters. The van der Waals surface area contributed by atoms with E-state index in [0.29, 0.717) is 0 Å². The number of alkyl halides is 1. The van der Waals surface area contributed by atoms with Crippen LogP contribution in [0.5, 0.6) is 0 Å². The summed E-state index contributed by atoms with van der Waals surface area (Å²) in [6.45, 7) is -0.511. The summed E-state index contributed by atoms with van der Waals surface area (Å²) >= 11 is 5.71. The third-order valence-corrected chi connectivity index (χ3v) is 5.87. The lowest BCUT2D eigenvalue weighted by molar-refractivity contribution is 0.136. The monoisotopic (exact) mass is 397 g/mol. The van der Waals surface area contributed by atoms with Crippen molar-refractivity contribution in [2.24, 2.45) is 0 Å². The molecule has 0 aliphatic carbocycles. The van der Waals surface area contributed by atoms with Crippen LogP contribution in [-0.4, -0.2) is 67.7 Å². The number of amides is 1. The second kappa shape index (κ2) is 7.40. The molecule has 1 fully saturated rings. The molecule has 1 aliphatic rings. The molecule has 11 heteroatoms. The van der Waals surface area contributed by atoms with Crippen LogP contribution in [0.3, 0.4) is 0 Å². The molecule has 0 spiro atoms. The maximum Gasteiger partial charge on any atom is 0.407 e. The standard InChI is InChI=1S/C14H18ClF2N3O4S/c1-19(2)25(23,24)18-13-10(16)7-20(14(21)22)11(13)6-8-4-3-5-9(15)12(8)17/h3-5,10-11,13,18H,6-7H2,1-2H3,(H,21,22)/t10-,11-,13-/m0/s1. The van der Waals surface area contributed by atoms with Crippen molar-refractivity contribution in [2.75, 3.05) is 20.6 Å². The topological polar surface area (TPSA) is 90.0 Å². The van der Waals surface area contributed by atoms with Gasteiger partial charge >= 0.3 is 6.09 Å². The lowest BCUT2D eigenvalue weighted by atomic mass is 10.00. The predicted octanol–water partition coefficient (Wildman–Crippen LogP) is 1.49. The third-order valence-electron chi connectivity index (χ3n) is 4.05. The van der Waals surface area contributed by atoms with E-state index in [2.05, 4.69) is 4.72 Å². The molecule has 140 valence electrons. The minimum Gasteiger partial charge on any atom is -0.465 e. The molecule has 0 radical (unpaired) electrons. The quantitative estimate of drug-likeness (QED) is 0.787. The van der Waals surface area contributed by atoms with Crippen molar-refractivity contribution in [1.29, 1.82) is 0 Å². The zero-order valence-electron chi connectivity index (χ0n) is 13.5. The fourth-order valence-electron chi connectivity index (χ4n) is 2.69. The van der Waals surface area contributed by atoms with E-state index in [9.17, 15) is 27.1 Å². The molecule has 0 saturated carbocycles. The van der Waals surface area contributed by atoms with Gasteiger partial charge in [-0.2, -0.15) is 17.4 Å². The van der Waals surface area contributed by atoms with Crippen molar-refractivity contribution >= 4 is 27.9 Å². The summed E-state index contributed by atoms with van der Waals surface area (Å²) in [6, 6.07) is 1.74. The molecule has 0 aromatic heterocycles. The number of rotatable bonds is 5. The van der Waals surface area contributed by atoms with Gasteiger partial charge in [0.25, 0.3) is 10.2 Å². The van der Waals surface area contributed by atoms with Crippen molar-refractivity contribution in [3.05, 3.63) is 34.6 Å². The van der Waals surface area contributed by atoms with Gasteiger partial charge in [-0.3, -0.25) is 0 Å². The van der Waals surface area contributed by atoms with Crippen LogP contribution in [0.25, 0.3) is 0 Å². The van der Waals surface area contributed by atoms with Crippen molar-refractivity contribution in [3.63, 3.8) is 0 Å². The maximum absolute atomic E-state index is 14.4. The van der Waals surface area contributed by atoms with Gasteiger partial charge in [-0.25, -0.2) is 13.6 Å². The lowest BCUT2D eigenvalue weighted by Crippen LogP contribution is -2.52. The van der Waals surface area contributed by atoms with Gasteiger partial charge in [0.2, 0.25) is 0 Å². The molecule has 1 amide bonds. The molecule has 2 rings (SSSR count). The molecule has 1 aliphatic heterocycles. The van der Waals surface area contributed by atoms with E-state index in [-0.39, 0.29) is 17.0 Å². The Balaban J connectivity index is 2.36. The fraction of sp³-hybridized carbons (Fsp3) is 0.500. The van der Waals surface area contributed by atoms with Crippen molar-refractivity contribution in [2.45, 2.75) is 24.7 Å². The third kappa shape index (κ3) is 4.20. The van der Waals surface area contributed by atoms with Gasteiger partial charge in [0, 0.05) is 14.1 Å². The second-order valence-electron chi connectivity index (χ2n) is 5.87. The first-order valence-electron chi connectivity index (χ1n) is 7.31. The fourth-order valence-corrected chi connectivity index (χ4v) is 3.74. The van der Waals surface area contributed by atoms with E-state index in [1.807, 2.05) is 0 Å². The van der Waals surface area contributed by atoms with Crippen molar-refractivity contribution in [1.82, 2.24) is 13.9 Å². The molecule has 1 aromatic carbocycles. The first-order chi connectivity index (χ1) is 11.5. The molecule has 0 bridgehead atoms. The Morgan fingerprint density at radius 1 is 1.48 bits per heavy atom. The summed E-state index contributed by atoms with van der Waals surface area (Å²) in [5.74, 6) is -0.744. The highest BCUT2D eigenvalue weighted by molar-refractivity contribution is 7.87. The largest absolute Gasteiger partial charge is 0.465 e. The summed E-state index contributed by atoms with van der Waals surface area (Å²) in [7, 11) is -1.49. The zero-order chi connectivity index (χ0) is 18.9. The van der Waals surface area contributed by atoms with Crippen LogP contribution in [0.2, 0.25) is 5.02 Å². The highest BCUT2D eigenvalue weighted by atomic mass is 35.5. The number of hydrogen-bond donors (Lipinski definition) is 2. The Hall–Kier alpha value is -1.49. The normalized spacial score (nSPS) is 24.1. The van der Waals surface area contributed by atoms with E-state index in [4.69, 9.17) is 11.6 Å². The second-order valence-corrected chi connectivity index (χ2v) is 8.19. The molecule has 1 saturated heterocycles. The van der Waals surface area contributed by atoms with Crippen LogP contribution >= 0.6 is 11.6 Å². The van der Waals surface area contributed by atoms with Crippen LogP contribution in [0.15, 0.2) is 18.2 Å². The van der Waals surface area contributed by atoms with Crippen LogP contribution in [0.4, 0.5) is 13.6 Å². The molecule has 7 nitrogen and oxygen atoms in total. The Morgan fingerprint density at radius 3 is 2.68 bits per heavy atom. The highest BCUT2D eigenvalue weighted by Crippen LogP contribution is 2.28. The summed E-state index contributed by atoms with van der Waals surface area (Å²) in [5.41, 5.74) is 0.0758. The Bertz CT molecular complexity index is 762. The van der Waals surface area contributed by atoms with E-state index >= 15 is 0 Å². The number of likely N-dealkylation sites (tertiary alicyclic amines) is 1. The SMILES string of the molecule is CN(C)S(=O)(=O)N[C@H]1[C@@H](F)CN(C(=O)O)[C@H]1Cc1cccc(Cl)c1F. The van der Waals surface area contributed by atoms with E-state index in [1.54, 1.807) is 0 Å². The lowest BCUT2D eigenvalue weighted by Gasteiger charge is -2.27. The van der Waals surface area contributed by atoms with Crippen molar-refractivity contribution < 1.29 is 27.1 Å². The van der Waals surface area contributed by atoms with E-state index in [1.165, 1.54) is 32.3 Å². The number of nitrogens with zero attached hydrogens (tertiary/aromatic N) is 2. The Labute approximate surface area is 149 Å². The minimum absolute atomic E-state index is 0.0758. The van der Waals surface area contributed by atoms with Gasteiger partial charge in [-0.1, -0.05) is 23.7 Å². The van der Waals surface area contributed by atoms with Crippen LogP contribution in [0, 0.1) is 5.82 Å². The first kappa shape index (κ1) is 19.8. The predicted molar refractivity (Wildman–Crippen MR) is 88.1 cm³/mol. The number of hydrogen-bond acceptors (Lipinski definition) is 3. The zero-order valence-corrected chi connectivity index (χ0v) is 15.1. The molecule has 1 aromatic rings. The van der Waals surface area contributed by atoms with Gasteiger partial charge in [0.15, 0.2) is 0 Å². The number of carbonyl (C=O) groups is 1. The number of halogens is 3. The summed E-state index contributed by atoms with van der Waals surface area (Å²) in [4.78, 5) is 12.2. The first-order valence-corrected chi connectivity index (χ1v) is 9.12. The molecule has 2 N–H and O–H groups in total. The van der Waals surface area contributed by atoms with Gasteiger partial charge in [-0.15, -0.1) is 0 Å². The summed E-state index contributed by atoms with van der Waals surface area (Å²) in [5, 5.41) is 9.13. The van der Waals surface area contributed by atoms with Crippen molar-refractivity contribution in [3.8, 4) is 0 Å². The van der Waals surface area contributed by atoms with Gasteiger partial charge in [0.1, 0.15) is 12.0 Å². The molecule has 25 heavy (non-hydrogen) atoms. The molecule has 0 unspecified atom stereocenters. The van der Waals surface area contributed by atoms with Gasteiger partial charge in [-0.05, 0) is 18.1 Å². The van der Waals surface area contributed by atoms with Gasteiger partial charge in [0.05, 0.1) is 23.7 Å². The minimum atomic E-state index is -4.00. The smallest absolute Gasteiger partial charge is 0.407 e. The maximum atomic E-state index is 14.4. The number of benzene rings is 1. The molecular formula is C14H18ClF2N3O4S. The average Bonchev–Trinajstić information content (AvgIpc) is 2.80. The average molecular weight is 398 g/mol. The van der Waals surface area contributed by atoms with Crippen LogP contribution in [-0.2, 0) is 16.6 Å². The van der Waals surface area contributed by atoms with Crippen LogP contribution in [0.1, 0.15) is 5.56 Å². The van der Waals surface area contributed by atoms with E-state index in [0.717, 1.165) is 9.21 Å². The Kier molecular flexibility index (Phi) is 5.87. The Morgan fingerprint density at radius 2 is 2.12 bits per heavy atom. The highest BCUT2D eigenvalue weighted by Gasteiger charge is 2.46. The molecular weight excluding hydrogens is 380 g/mol. The van der Waals surface area contributed by atoms with Gasteiger partial charge < -0.3 is 10.0 Å². The number of nitrogens with one attached hydrogen (secondary N) is 1. The summed E-state index contributed by atoms with van der Waals surface area (Å²) < 4.78 is 55.5.